The van der Waals surface area contributed by atoms with Gasteiger partial charge in [-0.1, -0.05) is 12.1 Å². The van der Waals surface area contributed by atoms with Gasteiger partial charge in [0.1, 0.15) is 35.4 Å². The molecule has 0 N–H and O–H groups in total. The molecular weight excluding hydrogens is 408 g/mol. The Morgan fingerprint density at radius 3 is 2.41 bits per heavy atom. The van der Waals surface area contributed by atoms with Crippen molar-refractivity contribution in [1.82, 2.24) is 0 Å². The molecule has 1 heterocycles. The van der Waals surface area contributed by atoms with Gasteiger partial charge in [0.25, 0.3) is 0 Å². The molecule has 0 amide bonds. The molecule has 0 spiro atoms. The van der Waals surface area contributed by atoms with Crippen molar-refractivity contribution < 1.29 is 28.5 Å². The van der Waals surface area contributed by atoms with Crippen molar-refractivity contribution in [3.63, 3.8) is 0 Å². The van der Waals surface area contributed by atoms with E-state index in [1.807, 2.05) is 37.3 Å². The lowest BCUT2D eigenvalue weighted by Crippen LogP contribution is -2.00. The van der Waals surface area contributed by atoms with E-state index in [1.165, 1.54) is 0 Å². The van der Waals surface area contributed by atoms with Gasteiger partial charge in [0.15, 0.2) is 5.76 Å². The highest BCUT2D eigenvalue weighted by Crippen LogP contribution is 2.38. The summed E-state index contributed by atoms with van der Waals surface area (Å²) in [5.41, 5.74) is 2.99. The van der Waals surface area contributed by atoms with Gasteiger partial charge >= 0.3 is 0 Å². The van der Waals surface area contributed by atoms with Gasteiger partial charge in [-0.3, -0.25) is 4.79 Å². The number of rotatable bonds is 7. The highest BCUT2D eigenvalue weighted by Gasteiger charge is 2.30. The highest BCUT2D eigenvalue weighted by atomic mass is 16.5. The lowest BCUT2D eigenvalue weighted by Gasteiger charge is -2.10. The van der Waals surface area contributed by atoms with E-state index in [0.29, 0.717) is 40.7 Å². The van der Waals surface area contributed by atoms with Crippen LogP contribution in [0.25, 0.3) is 6.08 Å². The van der Waals surface area contributed by atoms with Crippen LogP contribution in [-0.2, 0) is 6.61 Å². The number of carbonyl (C=O) groups is 1. The number of hydrogen-bond acceptors (Lipinski definition) is 6. The minimum atomic E-state index is -0.179. The first-order chi connectivity index (χ1) is 15.5. The lowest BCUT2D eigenvalue weighted by molar-refractivity contribution is 0.101. The monoisotopic (exact) mass is 432 g/mol. The molecule has 164 valence electrons. The number of hydrogen-bond donors (Lipinski definition) is 0. The number of carbonyl (C=O) groups excluding carboxylic acids is 1. The van der Waals surface area contributed by atoms with Gasteiger partial charge in [0.05, 0.1) is 26.9 Å². The molecule has 3 aromatic carbocycles. The first-order valence-corrected chi connectivity index (χ1v) is 10.1. The van der Waals surface area contributed by atoms with Gasteiger partial charge in [-0.05, 0) is 60.5 Å². The molecule has 0 aromatic heterocycles. The molecule has 0 atom stereocenters. The summed E-state index contributed by atoms with van der Waals surface area (Å²) < 4.78 is 27.8. The van der Waals surface area contributed by atoms with Crippen LogP contribution in [0, 0.1) is 6.92 Å². The number of methoxy groups -OCH3 is 3. The van der Waals surface area contributed by atoms with Crippen molar-refractivity contribution in [2.24, 2.45) is 0 Å². The Kier molecular flexibility index (Phi) is 6.03. The van der Waals surface area contributed by atoms with E-state index in [1.54, 1.807) is 51.7 Å². The molecule has 0 saturated carbocycles. The molecule has 1 aliphatic heterocycles. The van der Waals surface area contributed by atoms with Gasteiger partial charge in [-0.2, -0.15) is 0 Å². The third-order valence-electron chi connectivity index (χ3n) is 5.21. The minimum absolute atomic E-state index is 0.179. The summed E-state index contributed by atoms with van der Waals surface area (Å²) in [6, 6.07) is 16.6. The molecular formula is C26H24O6. The average molecular weight is 432 g/mol. The van der Waals surface area contributed by atoms with Crippen LogP contribution >= 0.6 is 0 Å². The zero-order valence-corrected chi connectivity index (χ0v) is 18.4. The molecule has 1 aliphatic rings. The molecule has 0 fully saturated rings. The smallest absolute Gasteiger partial charge is 0.232 e. The second-order valence-electron chi connectivity index (χ2n) is 7.30. The number of fused-ring (bicyclic) bond motifs is 1. The Bertz CT molecular complexity index is 1190. The molecule has 0 bridgehead atoms. The highest BCUT2D eigenvalue weighted by molar-refractivity contribution is 6.15. The van der Waals surface area contributed by atoms with Crippen molar-refractivity contribution in [3.8, 4) is 28.7 Å². The summed E-state index contributed by atoms with van der Waals surface area (Å²) in [6.07, 6.45) is 1.67. The predicted molar refractivity (Wildman–Crippen MR) is 121 cm³/mol. The largest absolute Gasteiger partial charge is 0.497 e. The number of Topliss-reactive ketones (excluding diaryl/α,β-unsaturated/α-hetero) is 1. The van der Waals surface area contributed by atoms with Gasteiger partial charge in [-0.25, -0.2) is 0 Å². The average Bonchev–Trinajstić information content (AvgIpc) is 3.13. The fraction of sp³-hybridized carbons (Fsp3) is 0.192. The van der Waals surface area contributed by atoms with E-state index in [0.717, 1.165) is 16.9 Å². The number of aryl methyl sites for hydroxylation is 1. The van der Waals surface area contributed by atoms with Crippen molar-refractivity contribution in [3.05, 3.63) is 82.6 Å². The fourth-order valence-electron chi connectivity index (χ4n) is 3.58. The number of allylic oxidation sites excluding steroid dienone is 1. The SMILES string of the molecule is COc1cccc(COc2cc(C)c3c(c2)O/C(=C\c2cc(OC)ccc2OC)C3=O)c1. The number of ether oxygens (including phenoxy) is 5. The van der Waals surface area contributed by atoms with Gasteiger partial charge in [0, 0.05) is 11.6 Å². The molecule has 0 saturated heterocycles. The minimum Gasteiger partial charge on any atom is -0.497 e. The van der Waals surface area contributed by atoms with Crippen LogP contribution in [-0.4, -0.2) is 27.1 Å². The topological polar surface area (TPSA) is 63.2 Å². The van der Waals surface area contributed by atoms with Crippen LogP contribution in [0.3, 0.4) is 0 Å². The van der Waals surface area contributed by atoms with Crippen molar-refractivity contribution in [2.75, 3.05) is 21.3 Å². The molecule has 0 radical (unpaired) electrons. The number of benzene rings is 3. The number of ketones is 1. The van der Waals surface area contributed by atoms with Gasteiger partial charge in [0.2, 0.25) is 5.78 Å². The quantitative estimate of drug-likeness (QED) is 0.477. The Morgan fingerprint density at radius 1 is 0.875 bits per heavy atom. The standard InChI is InChI=1S/C26H24O6/c1-16-10-21(31-15-17-6-5-7-19(11-17)28-2)14-23-25(16)26(27)24(32-23)13-18-12-20(29-3)8-9-22(18)30-4/h5-14H,15H2,1-4H3/b24-13-. The Hall–Kier alpha value is -3.93. The molecule has 6 nitrogen and oxygen atoms in total. The summed E-state index contributed by atoms with van der Waals surface area (Å²) in [4.78, 5) is 13.0. The third-order valence-corrected chi connectivity index (χ3v) is 5.21. The molecule has 0 aliphatic carbocycles. The van der Waals surface area contributed by atoms with Crippen LogP contribution < -0.4 is 23.7 Å². The third kappa shape index (κ3) is 4.25. The van der Waals surface area contributed by atoms with E-state index < -0.39 is 0 Å². The van der Waals surface area contributed by atoms with Crippen LogP contribution in [0.5, 0.6) is 28.7 Å². The second-order valence-corrected chi connectivity index (χ2v) is 7.30. The van der Waals surface area contributed by atoms with E-state index in [2.05, 4.69) is 0 Å². The Morgan fingerprint density at radius 2 is 1.66 bits per heavy atom. The summed E-state index contributed by atoms with van der Waals surface area (Å²) >= 11 is 0. The summed E-state index contributed by atoms with van der Waals surface area (Å²) in [7, 11) is 4.79. The maximum atomic E-state index is 13.0. The molecule has 32 heavy (non-hydrogen) atoms. The van der Waals surface area contributed by atoms with Gasteiger partial charge in [-0.15, -0.1) is 0 Å². The first kappa shape index (κ1) is 21.3. The zero-order valence-electron chi connectivity index (χ0n) is 18.4. The summed E-state index contributed by atoms with van der Waals surface area (Å²) in [6.45, 7) is 2.24. The molecule has 3 aromatic rings. The van der Waals surface area contributed by atoms with Crippen LogP contribution in [0.4, 0.5) is 0 Å². The summed E-state index contributed by atoms with van der Waals surface area (Å²) in [5.74, 6) is 3.18. The van der Waals surface area contributed by atoms with Crippen LogP contribution in [0.15, 0.2) is 60.4 Å². The van der Waals surface area contributed by atoms with E-state index in [-0.39, 0.29) is 11.5 Å². The van der Waals surface area contributed by atoms with Crippen LogP contribution in [0.1, 0.15) is 27.0 Å². The van der Waals surface area contributed by atoms with Crippen molar-refractivity contribution in [1.29, 1.82) is 0 Å². The lowest BCUT2D eigenvalue weighted by atomic mass is 10.0. The molecule has 6 heteroatoms. The van der Waals surface area contributed by atoms with E-state index >= 15 is 0 Å². The normalized spacial score (nSPS) is 13.5. The zero-order chi connectivity index (χ0) is 22.7. The predicted octanol–water partition coefficient (Wildman–Crippen LogP) is 5.22. The first-order valence-electron chi connectivity index (χ1n) is 10.1. The van der Waals surface area contributed by atoms with E-state index in [4.69, 9.17) is 23.7 Å². The Labute approximate surface area is 186 Å². The maximum absolute atomic E-state index is 13.0. The van der Waals surface area contributed by atoms with Crippen LogP contribution in [0.2, 0.25) is 0 Å². The maximum Gasteiger partial charge on any atom is 0.232 e. The van der Waals surface area contributed by atoms with Gasteiger partial charge < -0.3 is 23.7 Å². The van der Waals surface area contributed by atoms with Crippen molar-refractivity contribution in [2.45, 2.75) is 13.5 Å². The fourth-order valence-corrected chi connectivity index (χ4v) is 3.58. The summed E-state index contributed by atoms with van der Waals surface area (Å²) in [5, 5.41) is 0. The Balaban J connectivity index is 1.58. The second kappa shape index (κ2) is 9.06. The molecule has 0 unspecified atom stereocenters. The van der Waals surface area contributed by atoms with Crippen molar-refractivity contribution >= 4 is 11.9 Å². The van der Waals surface area contributed by atoms with E-state index in [9.17, 15) is 4.79 Å². The molecule has 4 rings (SSSR count).